The molecule has 0 bridgehead atoms. The quantitative estimate of drug-likeness (QED) is 0.658. The number of anilines is 1. The molecule has 7 heteroatoms. The lowest BCUT2D eigenvalue weighted by Crippen LogP contribution is -2.34. The lowest BCUT2D eigenvalue weighted by atomic mass is 10.2. The van der Waals surface area contributed by atoms with Crippen LogP contribution < -0.4 is 15.4 Å². The zero-order chi connectivity index (χ0) is 17.5. The van der Waals surface area contributed by atoms with E-state index >= 15 is 0 Å². The monoisotopic (exact) mass is 426 g/mol. The van der Waals surface area contributed by atoms with Gasteiger partial charge >= 0.3 is 0 Å². The van der Waals surface area contributed by atoms with Crippen LogP contribution in [0.5, 0.6) is 5.75 Å². The smallest absolute Gasteiger partial charge is 0.257 e. The van der Waals surface area contributed by atoms with E-state index in [1.807, 2.05) is 19.1 Å². The molecule has 0 spiro atoms. The molecule has 24 heavy (non-hydrogen) atoms. The van der Waals surface area contributed by atoms with E-state index in [1.54, 1.807) is 30.3 Å². The molecular weight excluding hydrogens is 412 g/mol. The highest BCUT2D eigenvalue weighted by Gasteiger charge is 2.10. The SMILES string of the molecule is CCCOc1cccc(C(=O)NC(=S)Nc2ccc(Br)cc2Cl)c1. The Balaban J connectivity index is 1.99. The van der Waals surface area contributed by atoms with Gasteiger partial charge in [-0.2, -0.15) is 0 Å². The van der Waals surface area contributed by atoms with Crippen LogP contribution in [0.15, 0.2) is 46.9 Å². The van der Waals surface area contributed by atoms with Crippen molar-refractivity contribution < 1.29 is 9.53 Å². The number of amides is 1. The van der Waals surface area contributed by atoms with Crippen LogP contribution in [-0.4, -0.2) is 17.6 Å². The van der Waals surface area contributed by atoms with E-state index < -0.39 is 0 Å². The molecule has 0 radical (unpaired) electrons. The van der Waals surface area contributed by atoms with Crippen molar-refractivity contribution in [2.45, 2.75) is 13.3 Å². The summed E-state index contributed by atoms with van der Waals surface area (Å²) in [5.41, 5.74) is 1.08. The summed E-state index contributed by atoms with van der Waals surface area (Å²) in [5.74, 6) is 0.335. The zero-order valence-corrected chi connectivity index (χ0v) is 16.1. The van der Waals surface area contributed by atoms with Crippen molar-refractivity contribution in [2.75, 3.05) is 11.9 Å². The topological polar surface area (TPSA) is 50.4 Å². The van der Waals surface area contributed by atoms with Crippen LogP contribution in [0.25, 0.3) is 0 Å². The van der Waals surface area contributed by atoms with Crippen LogP contribution in [0.4, 0.5) is 5.69 Å². The van der Waals surface area contributed by atoms with Crippen molar-refractivity contribution in [1.29, 1.82) is 0 Å². The molecule has 4 nitrogen and oxygen atoms in total. The van der Waals surface area contributed by atoms with Crippen LogP contribution in [0, 0.1) is 0 Å². The van der Waals surface area contributed by atoms with E-state index in [0.717, 1.165) is 10.9 Å². The Morgan fingerprint density at radius 2 is 2.08 bits per heavy atom. The van der Waals surface area contributed by atoms with Crippen LogP contribution in [0.2, 0.25) is 5.02 Å². The number of benzene rings is 2. The Morgan fingerprint density at radius 3 is 2.79 bits per heavy atom. The van der Waals surface area contributed by atoms with Gasteiger partial charge in [0.25, 0.3) is 5.91 Å². The maximum Gasteiger partial charge on any atom is 0.257 e. The normalized spacial score (nSPS) is 10.1. The summed E-state index contributed by atoms with van der Waals surface area (Å²) >= 11 is 14.6. The Morgan fingerprint density at radius 1 is 1.29 bits per heavy atom. The molecule has 2 rings (SSSR count). The van der Waals surface area contributed by atoms with Crippen molar-refractivity contribution in [3.8, 4) is 5.75 Å². The molecule has 0 aliphatic heterocycles. The molecule has 0 aliphatic carbocycles. The minimum Gasteiger partial charge on any atom is -0.494 e. The molecule has 0 saturated heterocycles. The molecule has 0 atom stereocenters. The van der Waals surface area contributed by atoms with Crippen molar-refractivity contribution in [3.63, 3.8) is 0 Å². The Bertz CT molecular complexity index is 755. The number of halogens is 2. The summed E-state index contributed by atoms with van der Waals surface area (Å²) in [7, 11) is 0. The Labute approximate surface area is 159 Å². The predicted octanol–water partition coefficient (Wildman–Crippen LogP) is 5.02. The second-order valence-electron chi connectivity index (χ2n) is 4.91. The van der Waals surface area contributed by atoms with E-state index in [9.17, 15) is 4.79 Å². The van der Waals surface area contributed by atoms with E-state index in [0.29, 0.717) is 28.6 Å². The van der Waals surface area contributed by atoms with Crippen LogP contribution in [0.3, 0.4) is 0 Å². The van der Waals surface area contributed by atoms with E-state index in [1.165, 1.54) is 0 Å². The first kappa shape index (κ1) is 18.7. The second-order valence-corrected chi connectivity index (χ2v) is 6.64. The number of ether oxygens (including phenoxy) is 1. The fraction of sp³-hybridized carbons (Fsp3) is 0.176. The van der Waals surface area contributed by atoms with Gasteiger partial charge in [0.2, 0.25) is 0 Å². The van der Waals surface area contributed by atoms with Crippen molar-refractivity contribution in [2.24, 2.45) is 0 Å². The van der Waals surface area contributed by atoms with Gasteiger partial charge in [-0.3, -0.25) is 10.1 Å². The number of hydrogen-bond acceptors (Lipinski definition) is 3. The van der Waals surface area contributed by atoms with Crippen LogP contribution >= 0.6 is 39.7 Å². The van der Waals surface area contributed by atoms with Crippen LogP contribution in [0.1, 0.15) is 23.7 Å². The molecule has 2 aromatic carbocycles. The molecular formula is C17H16BrClN2O2S. The van der Waals surface area contributed by atoms with Gasteiger partial charge in [0, 0.05) is 10.0 Å². The van der Waals surface area contributed by atoms with Crippen molar-refractivity contribution >= 4 is 56.5 Å². The highest BCUT2D eigenvalue weighted by molar-refractivity contribution is 9.10. The Hall–Kier alpha value is -1.63. The van der Waals surface area contributed by atoms with Gasteiger partial charge in [-0.05, 0) is 55.0 Å². The van der Waals surface area contributed by atoms with Crippen LogP contribution in [-0.2, 0) is 0 Å². The first-order valence-electron chi connectivity index (χ1n) is 7.30. The zero-order valence-electron chi connectivity index (χ0n) is 12.9. The maximum atomic E-state index is 12.3. The predicted molar refractivity (Wildman–Crippen MR) is 105 cm³/mol. The molecule has 1 amide bonds. The summed E-state index contributed by atoms with van der Waals surface area (Å²) in [6, 6.07) is 12.3. The minimum absolute atomic E-state index is 0.170. The summed E-state index contributed by atoms with van der Waals surface area (Å²) in [4.78, 5) is 12.3. The average molecular weight is 428 g/mol. The third kappa shape index (κ3) is 5.47. The van der Waals surface area contributed by atoms with Gasteiger partial charge in [-0.25, -0.2) is 0 Å². The molecule has 0 fully saturated rings. The third-order valence-electron chi connectivity index (χ3n) is 2.98. The average Bonchev–Trinajstić information content (AvgIpc) is 2.55. The maximum absolute atomic E-state index is 12.3. The molecule has 0 saturated carbocycles. The number of thiocarbonyl (C=S) groups is 1. The van der Waals surface area contributed by atoms with Gasteiger partial charge in [0.1, 0.15) is 5.75 Å². The molecule has 2 N–H and O–H groups in total. The third-order valence-corrected chi connectivity index (χ3v) is 3.99. The molecule has 2 aromatic rings. The summed E-state index contributed by atoms with van der Waals surface area (Å²) < 4.78 is 6.38. The number of rotatable bonds is 5. The molecule has 0 unspecified atom stereocenters. The summed E-state index contributed by atoms with van der Waals surface area (Å²) in [6.45, 7) is 2.63. The minimum atomic E-state index is -0.317. The lowest BCUT2D eigenvalue weighted by Gasteiger charge is -2.12. The molecule has 126 valence electrons. The Kier molecular flexibility index (Phi) is 7.02. The van der Waals surface area contributed by atoms with Gasteiger partial charge in [0.15, 0.2) is 5.11 Å². The van der Waals surface area contributed by atoms with Crippen molar-refractivity contribution in [3.05, 3.63) is 57.5 Å². The van der Waals surface area contributed by atoms with Gasteiger partial charge in [0.05, 0.1) is 17.3 Å². The fourth-order valence-corrected chi connectivity index (χ4v) is 2.79. The molecule has 0 aromatic heterocycles. The standard InChI is InChI=1S/C17H16BrClN2O2S/c1-2-8-23-13-5-3-4-11(9-13)16(22)21-17(24)20-15-7-6-12(18)10-14(15)19/h3-7,9-10H,2,8H2,1H3,(H2,20,21,22,24). The fourth-order valence-electron chi connectivity index (χ4n) is 1.87. The summed E-state index contributed by atoms with van der Waals surface area (Å²) in [5, 5.41) is 6.19. The summed E-state index contributed by atoms with van der Waals surface area (Å²) in [6.07, 6.45) is 0.901. The highest BCUT2D eigenvalue weighted by atomic mass is 79.9. The number of carbonyl (C=O) groups is 1. The second kappa shape index (κ2) is 9.01. The van der Waals surface area contributed by atoms with Gasteiger partial charge < -0.3 is 10.1 Å². The first-order valence-corrected chi connectivity index (χ1v) is 8.87. The lowest BCUT2D eigenvalue weighted by molar-refractivity contribution is 0.0977. The molecule has 0 heterocycles. The highest BCUT2D eigenvalue weighted by Crippen LogP contribution is 2.25. The number of nitrogens with one attached hydrogen (secondary N) is 2. The van der Waals surface area contributed by atoms with E-state index in [4.69, 9.17) is 28.6 Å². The van der Waals surface area contributed by atoms with Gasteiger partial charge in [-0.15, -0.1) is 0 Å². The first-order chi connectivity index (χ1) is 11.5. The molecule has 0 aliphatic rings. The van der Waals surface area contributed by atoms with Crippen molar-refractivity contribution in [1.82, 2.24) is 5.32 Å². The largest absolute Gasteiger partial charge is 0.494 e. The van der Waals surface area contributed by atoms with E-state index in [-0.39, 0.29) is 11.0 Å². The number of carbonyl (C=O) groups excluding carboxylic acids is 1. The number of hydrogen-bond donors (Lipinski definition) is 2. The van der Waals surface area contributed by atoms with Gasteiger partial charge in [-0.1, -0.05) is 40.5 Å². The van der Waals surface area contributed by atoms with E-state index in [2.05, 4.69) is 26.6 Å².